The maximum Gasteiger partial charge on any atom is 0.407 e. The molecule has 1 amide bonds. The first-order chi connectivity index (χ1) is 60.9. The maximum atomic E-state index is 11.1. The minimum absolute atomic E-state index is 0.0115. The molecule has 19 N–H and O–H groups in total. The first-order valence-corrected chi connectivity index (χ1v) is 45.1. The van der Waals surface area contributed by atoms with Gasteiger partial charge in [-0.05, 0) is 190 Å². The van der Waals surface area contributed by atoms with Crippen molar-refractivity contribution in [2.45, 2.75) is 322 Å². The average Bonchev–Trinajstić information content (AvgIpc) is 1.68. The highest BCUT2D eigenvalue weighted by molar-refractivity contribution is 8.02. The molecule has 129 heavy (non-hydrogen) atoms. The summed E-state index contributed by atoms with van der Waals surface area (Å²) in [6.07, 6.45) is 49.0. The number of methoxy groups -OCH3 is 1. The van der Waals surface area contributed by atoms with E-state index >= 15 is 0 Å². The number of carboxylic acid groups (broad SMARTS) is 11. The number of halogens is 1. The van der Waals surface area contributed by atoms with Crippen LogP contribution in [0, 0.1) is 0 Å². The number of ether oxygens (including phenoxy) is 3. The van der Waals surface area contributed by atoms with Gasteiger partial charge >= 0.3 is 71.7 Å². The van der Waals surface area contributed by atoms with Crippen LogP contribution in [0.1, 0.15) is 305 Å². The highest BCUT2D eigenvalue weighted by atomic mass is 35.5. The summed E-state index contributed by atoms with van der Waals surface area (Å²) in [5.74, 6) is -7.93. The molecule has 0 bridgehead atoms. The lowest BCUT2D eigenvalue weighted by atomic mass is 10.0. The van der Waals surface area contributed by atoms with Gasteiger partial charge in [-0.25, -0.2) is 19.2 Å². The molecule has 0 aliphatic heterocycles. The molecule has 0 unspecified atom stereocenters. The van der Waals surface area contributed by atoms with E-state index in [0.29, 0.717) is 68.8 Å². The number of fused-ring (bicyclic) bond motifs is 1. The Bertz CT molecular complexity index is 3690. The molecule has 1 heterocycles. The van der Waals surface area contributed by atoms with Gasteiger partial charge in [0.2, 0.25) is 0 Å². The molecule has 4 rings (SSSR count). The highest BCUT2D eigenvalue weighted by Gasteiger charge is 2.29. The van der Waals surface area contributed by atoms with Gasteiger partial charge in [-0.1, -0.05) is 202 Å². The molecule has 34 heteroatoms. The Kier molecular flexibility index (Phi) is 93.4. The van der Waals surface area contributed by atoms with Crippen LogP contribution >= 0.6 is 23.4 Å². The zero-order valence-corrected chi connectivity index (χ0v) is 79.7. The van der Waals surface area contributed by atoms with E-state index in [1.807, 2.05) is 48.5 Å². The third-order valence-electron chi connectivity index (χ3n) is 16.7. The molecule has 0 saturated heterocycles. The van der Waals surface area contributed by atoms with Crippen molar-refractivity contribution in [3.8, 4) is 11.5 Å². The number of nitrogens with one attached hydrogen (secondary N) is 2. The van der Waals surface area contributed by atoms with Gasteiger partial charge in [0.15, 0.2) is 12.1 Å². The monoisotopic (exact) mass is 1860 g/mol. The Morgan fingerprint density at radius 3 is 1.25 bits per heavy atom. The van der Waals surface area contributed by atoms with Crippen molar-refractivity contribution in [2.24, 2.45) is 17.2 Å². The molecule has 0 aliphatic carbocycles. The summed E-state index contributed by atoms with van der Waals surface area (Å²) in [6.45, 7) is 20.8. The first kappa shape index (κ1) is 131. The van der Waals surface area contributed by atoms with Crippen LogP contribution in [0.25, 0.3) is 10.9 Å². The number of benzene rings is 3. The number of nitrogens with two attached hydrogens (primary N) is 3. The van der Waals surface area contributed by atoms with E-state index in [2.05, 4.69) is 61.6 Å². The van der Waals surface area contributed by atoms with Crippen molar-refractivity contribution < 1.29 is 132 Å². The summed E-state index contributed by atoms with van der Waals surface area (Å²) in [5, 5.41) is 96.8. The van der Waals surface area contributed by atoms with Gasteiger partial charge in [0.1, 0.15) is 17.1 Å². The number of H-pyrrole nitrogens is 1. The Hall–Kier alpha value is -10.9. The first-order valence-electron chi connectivity index (χ1n) is 43.9. The number of hydrogen-bond acceptors (Lipinski definition) is 17. The highest BCUT2D eigenvalue weighted by Crippen LogP contribution is 2.25. The summed E-state index contributed by atoms with van der Waals surface area (Å²) in [4.78, 5) is 126. The number of likely N-dealkylation sites (N-methyl/N-ethyl adjacent to an activating group) is 1. The van der Waals surface area contributed by atoms with Crippen LogP contribution in [-0.2, 0) is 63.9 Å². The second-order valence-electron chi connectivity index (χ2n) is 30.3. The van der Waals surface area contributed by atoms with Crippen LogP contribution in [-0.4, -0.2) is 188 Å². The van der Waals surface area contributed by atoms with Gasteiger partial charge in [-0.3, -0.25) is 54.4 Å². The van der Waals surface area contributed by atoms with Crippen molar-refractivity contribution in [3.05, 3.63) is 139 Å². The zero-order chi connectivity index (χ0) is 99.5. The molecular weight excluding hydrogens is 1710 g/mol. The molecule has 1 aromatic heterocycles. The number of unbranched alkanes of at least 4 members (excludes halogenated alkanes) is 25. The van der Waals surface area contributed by atoms with Crippen molar-refractivity contribution in [1.29, 1.82) is 0 Å². The molecule has 0 spiro atoms. The maximum absolute atomic E-state index is 11.1. The number of thioether (sulfide) groups is 1. The molecule has 0 radical (unpaired) electrons. The number of aromatic amines is 1. The third-order valence-corrected chi connectivity index (χ3v) is 17.8. The van der Waals surface area contributed by atoms with Gasteiger partial charge in [0.25, 0.3) is 5.97 Å². The van der Waals surface area contributed by atoms with E-state index in [9.17, 15) is 52.7 Å². The van der Waals surface area contributed by atoms with Crippen LogP contribution < -0.4 is 32.0 Å². The fourth-order valence-electron chi connectivity index (χ4n) is 10.0. The Labute approximate surface area is 773 Å². The second kappa shape index (κ2) is 91.8. The lowest BCUT2D eigenvalue weighted by Gasteiger charge is -2.21. The average molecular weight is 1870 g/mol. The van der Waals surface area contributed by atoms with Crippen LogP contribution in [0.15, 0.2) is 133 Å². The second-order valence-corrected chi connectivity index (χ2v) is 31.7. The minimum atomic E-state index is -1.23. The molecule has 32 nitrogen and oxygen atoms in total. The quantitative estimate of drug-likeness (QED) is 0.00371. The van der Waals surface area contributed by atoms with Crippen molar-refractivity contribution >= 4 is 112 Å². The van der Waals surface area contributed by atoms with Crippen molar-refractivity contribution in [1.82, 2.24) is 10.3 Å². The number of alkyl carbamates (subject to hydrolysis) is 1. The summed E-state index contributed by atoms with van der Waals surface area (Å²) < 4.78 is 16.6. The number of aromatic nitrogens is 1. The number of amides is 1. The molecule has 4 aromatic rings. The summed E-state index contributed by atoms with van der Waals surface area (Å²) in [6, 6.07) is 21.7. The standard InChI is InChI=1S/C18H36O2.C18H32O2.C11H11NO3.C10H11ClO3.C10H19NO4.C9H8O2S.C6H10O4.C5H11NO2.C4H9N3O2.C2H4O2.C2H4/c2*1-2-3-4-5-6-7-8-9-10-11-12-13-14-15-16-17-18(19)20;1-15-8-2-3-10-9(5-8)7(6-12-10)4-11(13)14;1-10(2,9(12)13)14-8-5-3-7(11)4-6-8;1-10(2,3)15-9(14)11-7-5-4-6-8(12)13;10-9(11)6-7-12-8-4-2-1-3-5-8;7-5(8)3-1-2-4-6(9)10;6-4-2-1-3-5(7)8;1-7(4(5)6)2-3(8)9;1-2(3)4;1-2/h2-17H2,1H3,(H,19,20);6-7,9-10H,2-5,8,11-17H2,1H3,(H,19,20);2-3,5-6,12H,4H2,1H3,(H,13,14);3-6H,1-2H3,(H,12,13);4-7H2,1-3H3,(H,11,14)(H,12,13);1-7H,(H,10,11);1-4H2,(H,7,8)(H,9,10);1-4,6H2,(H,7,8);2H2,1H3,(H4,5,6,8,9);1H3,(H,3,4);1-2H2/p+1/b;7-6-,10-9-;;;;7-6-;;;;;. The summed E-state index contributed by atoms with van der Waals surface area (Å²) in [7, 11) is 3.09. The topological polar surface area (TPSA) is 564 Å². The van der Waals surface area contributed by atoms with Gasteiger partial charge in [0.05, 0.1) is 20.6 Å². The lowest BCUT2D eigenvalue weighted by molar-refractivity contribution is -0.489. The molecule has 0 fully saturated rings. The van der Waals surface area contributed by atoms with Gasteiger partial charge in [-0.2, -0.15) is 0 Å². The summed E-state index contributed by atoms with van der Waals surface area (Å²) in [5.41, 5.74) is 15.2. The normalized spacial score (nSPS) is 10.2. The number of aliphatic carboxylic acids is 11. The number of guanidine groups is 1. The fourth-order valence-corrected chi connectivity index (χ4v) is 10.8. The zero-order valence-electron chi connectivity index (χ0n) is 78.1. The van der Waals surface area contributed by atoms with E-state index in [1.54, 1.807) is 63.8 Å². The number of carbonyl (C=O) groups excluding carboxylic acids is 1. The van der Waals surface area contributed by atoms with E-state index < -0.39 is 83.0 Å². The SMILES string of the molecule is C=C.CC(=O)O.CC(C)(C)OC(=O)NCCCCC(=O)O.CC(C)(Oc1ccc(Cl)cc1)C(=O)O.CCCCC/C=C\C/C=C\CCCCCCCC(=O)O.CCCCCCCCCCCCCCCCCC(=O)O.COc1ccc2[nH]cc(CC(=O)O)c2c1.C[N+](CC(=O)O)=C(N)N.NCCCCC(=O)O.O=C(O)/C=C\Sc1ccccc1.O=C(O)CCCCC(=O)O. The van der Waals surface area contributed by atoms with E-state index in [1.165, 1.54) is 166 Å². The third kappa shape index (κ3) is 109. The lowest BCUT2D eigenvalue weighted by Crippen LogP contribution is -2.37. The molecular formula is C95H156ClN6O26S+. The van der Waals surface area contributed by atoms with E-state index in [-0.39, 0.29) is 44.6 Å². The van der Waals surface area contributed by atoms with Gasteiger partial charge < -0.3 is 86.4 Å². The Morgan fingerprint density at radius 2 is 0.884 bits per heavy atom. The number of carbonyl (C=O) groups is 12. The number of hydrogen-bond donors (Lipinski definition) is 16. The number of carboxylic acids is 11. The molecule has 0 saturated carbocycles. The molecule has 734 valence electrons. The van der Waals surface area contributed by atoms with Crippen molar-refractivity contribution in [2.75, 3.05) is 33.8 Å². The van der Waals surface area contributed by atoms with Gasteiger partial charge in [0, 0.05) is 85.1 Å². The van der Waals surface area contributed by atoms with Crippen LogP contribution in [0.4, 0.5) is 4.79 Å². The van der Waals surface area contributed by atoms with Crippen LogP contribution in [0.3, 0.4) is 0 Å². The fraction of sp³-hybridized carbons (Fsp3) is 0.568. The van der Waals surface area contributed by atoms with Crippen LogP contribution in [0.5, 0.6) is 11.5 Å². The minimum Gasteiger partial charge on any atom is -0.497 e. The van der Waals surface area contributed by atoms with Gasteiger partial charge in [-0.15, -0.1) is 13.2 Å². The Morgan fingerprint density at radius 1 is 0.504 bits per heavy atom. The number of nitrogens with zero attached hydrogens (tertiary/aromatic N) is 1. The predicted molar refractivity (Wildman–Crippen MR) is 510 cm³/mol. The Balaban J connectivity index is -0.000000261. The van der Waals surface area contributed by atoms with E-state index in [4.69, 9.17) is 104 Å². The number of rotatable bonds is 55. The predicted octanol–water partition coefficient (Wildman–Crippen LogP) is 20.5. The van der Waals surface area contributed by atoms with Crippen molar-refractivity contribution in [3.63, 3.8) is 0 Å². The van der Waals surface area contributed by atoms with E-state index in [0.717, 1.165) is 85.1 Å². The molecule has 0 atom stereocenters. The van der Waals surface area contributed by atoms with Crippen LogP contribution in [0.2, 0.25) is 5.02 Å². The molecule has 0 aliphatic rings. The smallest absolute Gasteiger partial charge is 0.407 e. The summed E-state index contributed by atoms with van der Waals surface area (Å²) >= 11 is 7.06. The molecule has 3 aromatic carbocycles. The largest absolute Gasteiger partial charge is 0.497 e. The number of allylic oxidation sites excluding steroid dienone is 4.